The maximum Gasteiger partial charge on any atom is 0.249 e. The molecule has 0 aromatic heterocycles. The SMILES string of the molecule is C/C=C/CC/C=C/CC/C=C/CCCC(O)C(O)C(COC1OC(CO)C(O)C(O)C1O)NC(=O)C(O)CCCCCCCC/C=C\CCCCCCCC. The first kappa shape index (κ1) is 51.1. The summed E-state index contributed by atoms with van der Waals surface area (Å²) in [6.07, 6.45) is 27.5. The van der Waals surface area contributed by atoms with Crippen molar-refractivity contribution in [1.29, 1.82) is 0 Å². The lowest BCUT2D eigenvalue weighted by atomic mass is 9.98. The van der Waals surface area contributed by atoms with Gasteiger partial charge in [0.1, 0.15) is 36.6 Å². The first-order valence-electron chi connectivity index (χ1n) is 21.5. The second-order valence-electron chi connectivity index (χ2n) is 15.0. The number of aliphatic hydroxyl groups is 7. The lowest BCUT2D eigenvalue weighted by molar-refractivity contribution is -0.303. The van der Waals surface area contributed by atoms with Crippen molar-refractivity contribution in [2.75, 3.05) is 13.2 Å². The number of unbranched alkanes of at least 4 members (excludes halogenated alkanes) is 15. The van der Waals surface area contributed by atoms with E-state index in [1.54, 1.807) is 0 Å². The number of carbonyl (C=O) groups is 1. The summed E-state index contributed by atoms with van der Waals surface area (Å²) in [4.78, 5) is 13.0. The number of allylic oxidation sites excluding steroid dienone is 8. The molecule has 1 amide bonds. The molecule has 0 bridgehead atoms. The Balaban J connectivity index is 2.53. The predicted molar refractivity (Wildman–Crippen MR) is 219 cm³/mol. The van der Waals surface area contributed by atoms with Crippen LogP contribution in [-0.4, -0.2) is 110 Å². The number of nitrogens with one attached hydrogen (secondary N) is 1. The first-order valence-corrected chi connectivity index (χ1v) is 21.5. The molecule has 0 aliphatic carbocycles. The number of ether oxygens (including phenoxy) is 2. The lowest BCUT2D eigenvalue weighted by Crippen LogP contribution is -2.60. The molecule has 1 aliphatic rings. The molecule has 0 aromatic carbocycles. The molecule has 11 heteroatoms. The number of hydrogen-bond acceptors (Lipinski definition) is 10. The van der Waals surface area contributed by atoms with Gasteiger partial charge in [-0.05, 0) is 84.0 Å². The van der Waals surface area contributed by atoms with Crippen LogP contribution in [0.4, 0.5) is 0 Å². The molecule has 0 spiro atoms. The van der Waals surface area contributed by atoms with Crippen molar-refractivity contribution in [2.24, 2.45) is 0 Å². The van der Waals surface area contributed by atoms with E-state index in [1.165, 1.54) is 44.9 Å². The zero-order chi connectivity index (χ0) is 40.5. The topological polar surface area (TPSA) is 189 Å². The Morgan fingerprint density at radius 1 is 0.655 bits per heavy atom. The van der Waals surface area contributed by atoms with Crippen LogP contribution >= 0.6 is 0 Å². The van der Waals surface area contributed by atoms with Crippen molar-refractivity contribution in [1.82, 2.24) is 5.32 Å². The molecule has 8 N–H and O–H groups in total. The molecule has 1 fully saturated rings. The molecule has 1 rings (SSSR count). The summed E-state index contributed by atoms with van der Waals surface area (Å²) < 4.78 is 11.0. The van der Waals surface area contributed by atoms with Gasteiger partial charge in [0.2, 0.25) is 5.91 Å². The van der Waals surface area contributed by atoms with E-state index in [1.807, 2.05) is 19.1 Å². The Morgan fingerprint density at radius 3 is 1.73 bits per heavy atom. The van der Waals surface area contributed by atoms with E-state index < -0.39 is 74.2 Å². The average Bonchev–Trinajstić information content (AvgIpc) is 3.18. The van der Waals surface area contributed by atoms with E-state index in [4.69, 9.17) is 9.47 Å². The third-order valence-electron chi connectivity index (χ3n) is 10.2. The smallest absolute Gasteiger partial charge is 0.249 e. The fraction of sp³-hybridized carbons (Fsp3) is 0.795. The van der Waals surface area contributed by atoms with Crippen LogP contribution < -0.4 is 5.32 Å². The second-order valence-corrected chi connectivity index (χ2v) is 15.0. The van der Waals surface area contributed by atoms with Gasteiger partial charge >= 0.3 is 0 Å². The fourth-order valence-electron chi connectivity index (χ4n) is 6.53. The van der Waals surface area contributed by atoms with E-state index in [2.05, 4.69) is 48.7 Å². The second kappa shape index (κ2) is 34.1. The van der Waals surface area contributed by atoms with Crippen molar-refractivity contribution < 1.29 is 50.0 Å². The van der Waals surface area contributed by atoms with Crippen LogP contribution in [-0.2, 0) is 14.3 Å². The van der Waals surface area contributed by atoms with E-state index in [9.17, 15) is 40.5 Å². The molecule has 0 saturated carbocycles. The van der Waals surface area contributed by atoms with E-state index in [-0.39, 0.29) is 12.8 Å². The van der Waals surface area contributed by atoms with E-state index >= 15 is 0 Å². The van der Waals surface area contributed by atoms with Crippen LogP contribution in [0.15, 0.2) is 48.6 Å². The maximum absolute atomic E-state index is 13.0. The molecule has 11 nitrogen and oxygen atoms in total. The van der Waals surface area contributed by atoms with Gasteiger partial charge in [0.25, 0.3) is 0 Å². The Kier molecular flexibility index (Phi) is 31.7. The minimum Gasteiger partial charge on any atom is -0.394 e. The highest BCUT2D eigenvalue weighted by Gasteiger charge is 2.44. The summed E-state index contributed by atoms with van der Waals surface area (Å²) in [5.74, 6) is -0.722. The van der Waals surface area contributed by atoms with Gasteiger partial charge in [-0.25, -0.2) is 0 Å². The average molecular weight is 782 g/mol. The summed E-state index contributed by atoms with van der Waals surface area (Å²) in [5.41, 5.74) is 0. The molecule has 0 aromatic rings. The van der Waals surface area contributed by atoms with Crippen molar-refractivity contribution in [3.05, 3.63) is 48.6 Å². The zero-order valence-electron chi connectivity index (χ0n) is 34.1. The Bertz CT molecular complexity index is 1030. The van der Waals surface area contributed by atoms with E-state index in [0.717, 1.165) is 64.2 Å². The minimum absolute atomic E-state index is 0.237. The minimum atomic E-state index is -1.67. The van der Waals surface area contributed by atoms with Gasteiger partial charge in [-0.2, -0.15) is 0 Å². The highest BCUT2D eigenvalue weighted by molar-refractivity contribution is 5.80. The highest BCUT2D eigenvalue weighted by Crippen LogP contribution is 2.23. The van der Waals surface area contributed by atoms with Crippen LogP contribution in [0.1, 0.15) is 155 Å². The summed E-state index contributed by atoms with van der Waals surface area (Å²) >= 11 is 0. The monoisotopic (exact) mass is 782 g/mol. The summed E-state index contributed by atoms with van der Waals surface area (Å²) in [7, 11) is 0. The van der Waals surface area contributed by atoms with Crippen LogP contribution in [0, 0.1) is 0 Å². The quantitative estimate of drug-likeness (QED) is 0.0275. The Morgan fingerprint density at radius 2 is 1.16 bits per heavy atom. The van der Waals surface area contributed by atoms with Gasteiger partial charge in [-0.15, -0.1) is 0 Å². The molecular formula is C44H79NO10. The third-order valence-corrected chi connectivity index (χ3v) is 10.2. The first-order chi connectivity index (χ1) is 26.7. The number of amides is 1. The number of carbonyl (C=O) groups excluding carboxylic acids is 1. The maximum atomic E-state index is 13.0. The summed E-state index contributed by atoms with van der Waals surface area (Å²) in [5, 5.41) is 75.4. The molecule has 9 atom stereocenters. The normalized spacial score (nSPS) is 23.0. The van der Waals surface area contributed by atoms with Gasteiger partial charge in [-0.1, -0.05) is 120 Å². The number of hydrogen-bond donors (Lipinski definition) is 8. The van der Waals surface area contributed by atoms with Crippen molar-refractivity contribution in [3.8, 4) is 0 Å². The highest BCUT2D eigenvalue weighted by atomic mass is 16.7. The van der Waals surface area contributed by atoms with Gasteiger partial charge < -0.3 is 50.5 Å². The van der Waals surface area contributed by atoms with E-state index in [0.29, 0.717) is 19.3 Å². The molecule has 320 valence electrons. The van der Waals surface area contributed by atoms with Gasteiger partial charge in [0, 0.05) is 0 Å². The van der Waals surface area contributed by atoms with Crippen LogP contribution in [0.2, 0.25) is 0 Å². The fourth-order valence-corrected chi connectivity index (χ4v) is 6.53. The largest absolute Gasteiger partial charge is 0.394 e. The van der Waals surface area contributed by atoms with Crippen LogP contribution in [0.5, 0.6) is 0 Å². The lowest BCUT2D eigenvalue weighted by Gasteiger charge is -2.40. The van der Waals surface area contributed by atoms with Gasteiger partial charge in [-0.3, -0.25) is 4.79 Å². The number of aliphatic hydroxyl groups excluding tert-OH is 7. The summed E-state index contributed by atoms with van der Waals surface area (Å²) in [6, 6.07) is -1.19. The van der Waals surface area contributed by atoms with Crippen LogP contribution in [0.25, 0.3) is 0 Å². The Labute approximate surface area is 332 Å². The third kappa shape index (κ3) is 24.4. The van der Waals surface area contributed by atoms with Crippen molar-refractivity contribution >= 4 is 5.91 Å². The molecule has 1 heterocycles. The molecule has 0 radical (unpaired) electrons. The predicted octanol–water partition coefficient (Wildman–Crippen LogP) is 6.22. The summed E-state index contributed by atoms with van der Waals surface area (Å²) in [6.45, 7) is 3.16. The number of rotatable bonds is 34. The molecule has 55 heavy (non-hydrogen) atoms. The molecule has 1 aliphatic heterocycles. The van der Waals surface area contributed by atoms with Gasteiger partial charge in [0.05, 0.1) is 25.4 Å². The molecule has 1 saturated heterocycles. The van der Waals surface area contributed by atoms with Crippen molar-refractivity contribution in [2.45, 2.75) is 210 Å². The van der Waals surface area contributed by atoms with Crippen molar-refractivity contribution in [3.63, 3.8) is 0 Å². The molecule has 9 unspecified atom stereocenters. The van der Waals surface area contributed by atoms with Crippen LogP contribution in [0.3, 0.4) is 0 Å². The van der Waals surface area contributed by atoms with Gasteiger partial charge in [0.15, 0.2) is 6.29 Å². The molecular weight excluding hydrogens is 702 g/mol. The standard InChI is InChI=1S/C44H79NO10/c1-3-5-7-9-11-13-15-17-18-19-20-22-24-26-28-30-32-37(48)43(53)45-35(34-54-44-42(52)41(51)40(50)38(33-46)55-44)39(49)36(47)31-29-27-25-23-21-16-14-12-10-8-6-4-2/h4,6,12,14,17-18,23,25,35-42,44,46-52H,3,5,7-11,13,15-16,19-22,24,26-34H2,1-2H3,(H,45,53)/b6-4+,14-12+,18-17-,25-23+. The Hall–Kier alpha value is -1.93. The zero-order valence-corrected chi connectivity index (χ0v) is 34.1.